The Morgan fingerprint density at radius 3 is 2.60 bits per heavy atom. The van der Waals surface area contributed by atoms with Gasteiger partial charge >= 0.3 is 5.97 Å². The highest BCUT2D eigenvalue weighted by Gasteiger charge is 2.33. The highest BCUT2D eigenvalue weighted by atomic mass is 16.4. The molecule has 0 bridgehead atoms. The zero-order valence-corrected chi connectivity index (χ0v) is 12.2. The molecule has 1 N–H and O–H groups in total. The predicted molar refractivity (Wildman–Crippen MR) is 73.4 cm³/mol. The number of carboxylic acid groups (broad SMARTS) is 1. The molecule has 1 atom stereocenters. The van der Waals surface area contributed by atoms with Gasteiger partial charge in [-0.05, 0) is 25.8 Å². The van der Waals surface area contributed by atoms with Crippen LogP contribution in [0.3, 0.4) is 0 Å². The predicted octanol–water partition coefficient (Wildman–Crippen LogP) is 0.995. The van der Waals surface area contributed by atoms with Crippen molar-refractivity contribution in [3.63, 3.8) is 0 Å². The van der Waals surface area contributed by atoms with E-state index in [4.69, 9.17) is 5.11 Å². The van der Waals surface area contributed by atoms with Gasteiger partial charge < -0.3 is 10.0 Å². The minimum atomic E-state index is -0.889. The van der Waals surface area contributed by atoms with Crippen molar-refractivity contribution in [1.29, 1.82) is 0 Å². The van der Waals surface area contributed by atoms with Crippen molar-refractivity contribution >= 4 is 11.9 Å². The quantitative estimate of drug-likeness (QED) is 0.872. The Kier molecular flexibility index (Phi) is 4.11. The normalized spacial score (nSPS) is 18.9. The molecule has 0 aromatic carbocycles. The molecule has 20 heavy (non-hydrogen) atoms. The number of rotatable bonds is 5. The lowest BCUT2D eigenvalue weighted by molar-refractivity contribution is -0.141. The maximum Gasteiger partial charge on any atom is 0.308 e. The molecule has 1 aliphatic heterocycles. The first-order chi connectivity index (χ1) is 9.43. The molecule has 1 aromatic heterocycles. The van der Waals surface area contributed by atoms with Crippen molar-refractivity contribution in [3.8, 4) is 0 Å². The topological polar surface area (TPSA) is 75.4 Å². The number of carbonyl (C=O) groups is 2. The van der Waals surface area contributed by atoms with E-state index in [2.05, 4.69) is 12.0 Å². The van der Waals surface area contributed by atoms with E-state index in [0.29, 0.717) is 19.6 Å². The van der Waals surface area contributed by atoms with E-state index >= 15 is 0 Å². The molecule has 0 saturated carbocycles. The number of aryl methyl sites for hydroxylation is 1. The van der Waals surface area contributed by atoms with Gasteiger partial charge in [-0.1, -0.05) is 6.92 Å². The van der Waals surface area contributed by atoms with Gasteiger partial charge in [0.05, 0.1) is 18.2 Å². The third-order valence-electron chi connectivity index (χ3n) is 4.03. The van der Waals surface area contributed by atoms with Crippen LogP contribution >= 0.6 is 0 Å². The van der Waals surface area contributed by atoms with Crippen LogP contribution in [-0.2, 0) is 22.6 Å². The lowest BCUT2D eigenvalue weighted by Gasteiger charge is -2.16. The molecule has 0 radical (unpaired) electrons. The van der Waals surface area contributed by atoms with Gasteiger partial charge in [-0.15, -0.1) is 0 Å². The highest BCUT2D eigenvalue weighted by Crippen LogP contribution is 2.18. The summed E-state index contributed by atoms with van der Waals surface area (Å²) in [5, 5.41) is 13.4. The Balaban J connectivity index is 1.99. The van der Waals surface area contributed by atoms with Gasteiger partial charge in [-0.25, -0.2) is 0 Å². The van der Waals surface area contributed by atoms with Crippen LogP contribution in [0.25, 0.3) is 0 Å². The third kappa shape index (κ3) is 2.69. The zero-order chi connectivity index (χ0) is 14.9. The first-order valence-electron chi connectivity index (χ1n) is 6.97. The Morgan fingerprint density at radius 2 is 2.10 bits per heavy atom. The smallest absolute Gasteiger partial charge is 0.308 e. The van der Waals surface area contributed by atoms with Crippen LogP contribution < -0.4 is 0 Å². The van der Waals surface area contributed by atoms with E-state index in [0.717, 1.165) is 17.8 Å². The number of aromatic nitrogens is 2. The van der Waals surface area contributed by atoms with Crippen LogP contribution in [-0.4, -0.2) is 44.8 Å². The number of carboxylic acids is 1. The second-order valence-corrected chi connectivity index (χ2v) is 5.31. The molecular formula is C14H21N3O3. The molecule has 1 aromatic rings. The molecule has 110 valence electrons. The van der Waals surface area contributed by atoms with E-state index in [1.54, 1.807) is 4.90 Å². The summed E-state index contributed by atoms with van der Waals surface area (Å²) in [6.45, 7) is 7.57. The highest BCUT2D eigenvalue weighted by molar-refractivity contribution is 5.86. The maximum atomic E-state index is 11.8. The average Bonchev–Trinajstić information content (AvgIpc) is 2.88. The summed E-state index contributed by atoms with van der Waals surface area (Å²) in [7, 11) is 0. The first-order valence-corrected chi connectivity index (χ1v) is 6.97. The molecule has 6 nitrogen and oxygen atoms in total. The summed E-state index contributed by atoms with van der Waals surface area (Å²) in [6, 6.07) is 0. The van der Waals surface area contributed by atoms with E-state index in [1.807, 2.05) is 18.5 Å². The fourth-order valence-electron chi connectivity index (χ4n) is 2.83. The van der Waals surface area contributed by atoms with Crippen LogP contribution in [0.5, 0.6) is 0 Å². The number of hydrogen-bond donors (Lipinski definition) is 1. The largest absolute Gasteiger partial charge is 0.481 e. The molecule has 2 heterocycles. The van der Waals surface area contributed by atoms with E-state index in [1.165, 1.54) is 5.56 Å². The molecule has 1 fully saturated rings. The van der Waals surface area contributed by atoms with Crippen molar-refractivity contribution in [2.75, 3.05) is 13.1 Å². The molecule has 6 heteroatoms. The molecule has 1 amide bonds. The van der Waals surface area contributed by atoms with Crippen molar-refractivity contribution in [2.24, 2.45) is 5.92 Å². The maximum absolute atomic E-state index is 11.8. The van der Waals surface area contributed by atoms with Gasteiger partial charge in [0.1, 0.15) is 0 Å². The van der Waals surface area contributed by atoms with Crippen LogP contribution in [0, 0.1) is 19.8 Å². The molecular weight excluding hydrogens is 258 g/mol. The number of aliphatic carboxylic acids is 1. The van der Waals surface area contributed by atoms with Crippen LogP contribution in [0.2, 0.25) is 0 Å². The monoisotopic (exact) mass is 279 g/mol. The van der Waals surface area contributed by atoms with E-state index in [-0.39, 0.29) is 12.3 Å². The molecule has 0 spiro atoms. The fraction of sp³-hybridized carbons (Fsp3) is 0.643. The van der Waals surface area contributed by atoms with E-state index < -0.39 is 11.9 Å². The van der Waals surface area contributed by atoms with Crippen LogP contribution in [0.4, 0.5) is 0 Å². The summed E-state index contributed by atoms with van der Waals surface area (Å²) < 4.78 is 1.91. The SMILES string of the molecule is CCc1c(C)nn(CCN2C[C@H](C(=O)O)CC2=O)c1C. The van der Waals surface area contributed by atoms with Crippen molar-refractivity contribution in [2.45, 2.75) is 40.2 Å². The summed E-state index contributed by atoms with van der Waals surface area (Å²) in [6.07, 6.45) is 1.06. The lowest BCUT2D eigenvalue weighted by atomic mass is 10.1. The van der Waals surface area contributed by atoms with E-state index in [9.17, 15) is 9.59 Å². The van der Waals surface area contributed by atoms with Crippen molar-refractivity contribution in [3.05, 3.63) is 17.0 Å². The Morgan fingerprint density at radius 1 is 1.40 bits per heavy atom. The summed E-state index contributed by atoms with van der Waals surface area (Å²) in [5.74, 6) is -1.52. The van der Waals surface area contributed by atoms with Crippen LogP contribution in [0.15, 0.2) is 0 Å². The first kappa shape index (κ1) is 14.6. The molecule has 1 aliphatic rings. The third-order valence-corrected chi connectivity index (χ3v) is 4.03. The number of likely N-dealkylation sites (tertiary alicyclic amines) is 1. The standard InChI is InChI=1S/C14H21N3O3/c1-4-12-9(2)15-17(10(12)3)6-5-16-8-11(14(19)20)7-13(16)18/h11H,4-8H2,1-3H3,(H,19,20)/t11-/m1/s1. The minimum Gasteiger partial charge on any atom is -0.481 e. The Hall–Kier alpha value is -1.85. The van der Waals surface area contributed by atoms with Gasteiger partial charge in [-0.3, -0.25) is 14.3 Å². The number of amides is 1. The van der Waals surface area contributed by atoms with Gasteiger partial charge in [-0.2, -0.15) is 5.10 Å². The zero-order valence-electron chi connectivity index (χ0n) is 12.2. The molecule has 0 aliphatic carbocycles. The number of hydrogen-bond acceptors (Lipinski definition) is 3. The van der Waals surface area contributed by atoms with Crippen molar-refractivity contribution < 1.29 is 14.7 Å². The van der Waals surface area contributed by atoms with Gasteiger partial charge in [0.15, 0.2) is 0 Å². The summed E-state index contributed by atoms with van der Waals surface area (Å²) in [4.78, 5) is 24.3. The second kappa shape index (κ2) is 5.64. The van der Waals surface area contributed by atoms with Crippen LogP contribution in [0.1, 0.15) is 30.3 Å². The summed E-state index contributed by atoms with van der Waals surface area (Å²) in [5.41, 5.74) is 3.41. The fourth-order valence-corrected chi connectivity index (χ4v) is 2.83. The van der Waals surface area contributed by atoms with Gasteiger partial charge in [0.2, 0.25) is 5.91 Å². The number of nitrogens with zero attached hydrogens (tertiary/aromatic N) is 3. The molecule has 0 unspecified atom stereocenters. The van der Waals surface area contributed by atoms with Crippen molar-refractivity contribution in [1.82, 2.24) is 14.7 Å². The second-order valence-electron chi connectivity index (χ2n) is 5.31. The molecule has 1 saturated heterocycles. The Labute approximate surface area is 118 Å². The lowest BCUT2D eigenvalue weighted by Crippen LogP contribution is -2.30. The Bertz CT molecular complexity index is 536. The molecule has 2 rings (SSSR count). The summed E-state index contributed by atoms with van der Waals surface area (Å²) >= 11 is 0. The minimum absolute atomic E-state index is 0.0744. The average molecular weight is 279 g/mol. The van der Waals surface area contributed by atoms with Gasteiger partial charge in [0.25, 0.3) is 0 Å². The van der Waals surface area contributed by atoms with Gasteiger partial charge in [0, 0.05) is 25.2 Å². The number of carbonyl (C=O) groups excluding carboxylic acids is 1.